The molecule has 0 saturated carbocycles. The number of hydrogen-bond acceptors (Lipinski definition) is 6. The van der Waals surface area contributed by atoms with E-state index in [-0.39, 0.29) is 6.79 Å². The van der Waals surface area contributed by atoms with Crippen molar-refractivity contribution < 1.29 is 19.0 Å². The summed E-state index contributed by atoms with van der Waals surface area (Å²) in [5.74, 6) is 1.28. The van der Waals surface area contributed by atoms with Crippen LogP contribution in [0.3, 0.4) is 0 Å². The molecule has 0 spiro atoms. The predicted octanol–water partition coefficient (Wildman–Crippen LogP) is 2.58. The van der Waals surface area contributed by atoms with Gasteiger partial charge in [0.2, 0.25) is 12.5 Å². The van der Waals surface area contributed by atoms with Crippen molar-refractivity contribution >= 4 is 12.1 Å². The Morgan fingerprint density at radius 3 is 2.93 bits per heavy atom. The second-order valence-electron chi connectivity index (χ2n) is 5.69. The summed E-state index contributed by atoms with van der Waals surface area (Å²) in [7, 11) is 1.54. The van der Waals surface area contributed by atoms with Crippen LogP contribution in [-0.4, -0.2) is 36.2 Å². The summed E-state index contributed by atoms with van der Waals surface area (Å²) in [5.41, 5.74) is 5.08. The Morgan fingerprint density at radius 2 is 2.11 bits per heavy atom. The minimum atomic E-state index is -0.395. The van der Waals surface area contributed by atoms with Gasteiger partial charge in [0.1, 0.15) is 5.69 Å². The Morgan fingerprint density at radius 1 is 1.26 bits per heavy atom. The van der Waals surface area contributed by atoms with Crippen molar-refractivity contribution in [2.45, 2.75) is 0 Å². The molecule has 0 fully saturated rings. The maximum Gasteiger partial charge on any atom is 0.289 e. The Labute approximate surface area is 154 Å². The number of methoxy groups -OCH3 is 1. The molecule has 0 unspecified atom stereocenters. The Hall–Kier alpha value is -3.81. The Kier molecular flexibility index (Phi) is 4.44. The number of ether oxygens (including phenoxy) is 3. The number of H-pyrrole nitrogens is 1. The molecular formula is C19H16N4O4. The van der Waals surface area contributed by atoms with E-state index in [0.29, 0.717) is 34.2 Å². The van der Waals surface area contributed by atoms with E-state index in [9.17, 15) is 4.79 Å². The van der Waals surface area contributed by atoms with Crippen molar-refractivity contribution in [3.8, 4) is 28.5 Å². The van der Waals surface area contributed by atoms with Gasteiger partial charge in [-0.3, -0.25) is 9.89 Å². The number of aromatic nitrogens is 2. The first kappa shape index (κ1) is 16.6. The molecule has 2 aromatic carbocycles. The monoisotopic (exact) mass is 364 g/mol. The van der Waals surface area contributed by atoms with E-state index in [1.807, 2.05) is 30.3 Å². The predicted molar refractivity (Wildman–Crippen MR) is 98.2 cm³/mol. The van der Waals surface area contributed by atoms with Gasteiger partial charge in [-0.25, -0.2) is 5.43 Å². The summed E-state index contributed by atoms with van der Waals surface area (Å²) < 4.78 is 16.0. The van der Waals surface area contributed by atoms with Gasteiger partial charge in [0.25, 0.3) is 5.91 Å². The first-order valence-corrected chi connectivity index (χ1v) is 8.16. The van der Waals surface area contributed by atoms with Crippen LogP contribution in [0.4, 0.5) is 0 Å². The number of nitrogens with zero attached hydrogens (tertiary/aromatic N) is 2. The van der Waals surface area contributed by atoms with Crippen molar-refractivity contribution in [1.82, 2.24) is 15.6 Å². The van der Waals surface area contributed by atoms with Gasteiger partial charge in [0, 0.05) is 11.1 Å². The van der Waals surface area contributed by atoms with Crippen LogP contribution in [0, 0.1) is 0 Å². The van der Waals surface area contributed by atoms with Crippen molar-refractivity contribution in [2.24, 2.45) is 5.10 Å². The summed E-state index contributed by atoms with van der Waals surface area (Å²) in [4.78, 5) is 12.2. The number of fused-ring (bicyclic) bond motifs is 1. The van der Waals surface area contributed by atoms with Crippen LogP contribution >= 0.6 is 0 Å². The summed E-state index contributed by atoms with van der Waals surface area (Å²) in [6.07, 6.45) is 1.50. The first-order valence-electron chi connectivity index (χ1n) is 8.16. The molecule has 0 bridgehead atoms. The number of rotatable bonds is 5. The van der Waals surface area contributed by atoms with Crippen LogP contribution in [0.1, 0.15) is 16.1 Å². The molecule has 3 aromatic rings. The quantitative estimate of drug-likeness (QED) is 0.536. The lowest BCUT2D eigenvalue weighted by atomic mass is 10.1. The van der Waals surface area contributed by atoms with E-state index in [0.717, 1.165) is 5.56 Å². The smallest absolute Gasteiger partial charge is 0.289 e. The number of nitrogens with one attached hydrogen (secondary N) is 2. The first-order chi connectivity index (χ1) is 13.2. The third kappa shape index (κ3) is 3.45. The van der Waals surface area contributed by atoms with Crippen molar-refractivity contribution in [3.05, 3.63) is 59.8 Å². The lowest BCUT2D eigenvalue weighted by Crippen LogP contribution is -2.18. The third-order valence-corrected chi connectivity index (χ3v) is 3.95. The molecule has 0 aliphatic carbocycles. The molecule has 27 heavy (non-hydrogen) atoms. The second-order valence-corrected chi connectivity index (χ2v) is 5.69. The molecule has 1 amide bonds. The highest BCUT2D eigenvalue weighted by Crippen LogP contribution is 2.41. The summed E-state index contributed by atoms with van der Waals surface area (Å²) in [6, 6.07) is 14.7. The fourth-order valence-corrected chi connectivity index (χ4v) is 2.64. The van der Waals surface area contributed by atoms with Gasteiger partial charge in [0.05, 0.1) is 19.0 Å². The SMILES string of the molecule is COc1cc(/C=N\NC(=O)c2cc(-c3ccccc3)n[nH]2)cc2c1OCO2. The molecule has 136 valence electrons. The molecule has 2 N–H and O–H groups in total. The van der Waals surface area contributed by atoms with Crippen molar-refractivity contribution in [1.29, 1.82) is 0 Å². The second kappa shape index (κ2) is 7.20. The van der Waals surface area contributed by atoms with Gasteiger partial charge < -0.3 is 14.2 Å². The molecule has 0 saturated heterocycles. The highest BCUT2D eigenvalue weighted by Gasteiger charge is 2.19. The molecule has 0 atom stereocenters. The van der Waals surface area contributed by atoms with Gasteiger partial charge in [-0.1, -0.05) is 30.3 Å². The average molecular weight is 364 g/mol. The molecule has 2 heterocycles. The standard InChI is InChI=1S/C19H16N4O4/c1-25-16-7-12(8-17-18(16)27-11-26-17)10-20-23-19(24)15-9-14(21-22-15)13-5-3-2-4-6-13/h2-10H,11H2,1H3,(H,21,22)(H,23,24)/b20-10-. The maximum atomic E-state index is 12.2. The van der Waals surface area contributed by atoms with Crippen LogP contribution < -0.4 is 19.6 Å². The van der Waals surface area contributed by atoms with Gasteiger partial charge in [-0.2, -0.15) is 10.2 Å². The van der Waals surface area contributed by atoms with E-state index in [4.69, 9.17) is 14.2 Å². The number of hydrogen-bond donors (Lipinski definition) is 2. The maximum absolute atomic E-state index is 12.2. The van der Waals surface area contributed by atoms with Crippen LogP contribution in [-0.2, 0) is 0 Å². The minimum Gasteiger partial charge on any atom is -0.493 e. The van der Waals surface area contributed by atoms with Gasteiger partial charge in [0.15, 0.2) is 11.5 Å². The summed E-state index contributed by atoms with van der Waals surface area (Å²) in [6.45, 7) is 0.145. The number of aromatic amines is 1. The molecule has 0 radical (unpaired) electrons. The number of amides is 1. The van der Waals surface area contributed by atoms with E-state index in [1.165, 1.54) is 6.21 Å². The summed E-state index contributed by atoms with van der Waals surface area (Å²) in [5, 5.41) is 10.8. The topological polar surface area (TPSA) is 97.8 Å². The van der Waals surface area contributed by atoms with E-state index in [2.05, 4.69) is 20.7 Å². The van der Waals surface area contributed by atoms with Crippen LogP contribution in [0.2, 0.25) is 0 Å². The Balaban J connectivity index is 1.45. The summed E-state index contributed by atoms with van der Waals surface area (Å²) >= 11 is 0. The fraction of sp³-hybridized carbons (Fsp3) is 0.105. The third-order valence-electron chi connectivity index (χ3n) is 3.95. The molecule has 8 heteroatoms. The molecular weight excluding hydrogens is 348 g/mol. The normalized spacial score (nSPS) is 12.3. The zero-order valence-corrected chi connectivity index (χ0v) is 14.4. The fourth-order valence-electron chi connectivity index (χ4n) is 2.64. The van der Waals surface area contributed by atoms with Crippen LogP contribution in [0.5, 0.6) is 17.2 Å². The molecule has 1 aliphatic heterocycles. The molecule has 4 rings (SSSR count). The minimum absolute atomic E-state index is 0.145. The van der Waals surface area contributed by atoms with E-state index in [1.54, 1.807) is 25.3 Å². The van der Waals surface area contributed by atoms with Crippen molar-refractivity contribution in [3.63, 3.8) is 0 Å². The Bertz CT molecular complexity index is 998. The lowest BCUT2D eigenvalue weighted by Gasteiger charge is -2.05. The molecule has 1 aromatic heterocycles. The van der Waals surface area contributed by atoms with Crippen LogP contribution in [0.25, 0.3) is 11.3 Å². The van der Waals surface area contributed by atoms with Crippen molar-refractivity contribution in [2.75, 3.05) is 13.9 Å². The highest BCUT2D eigenvalue weighted by atomic mass is 16.7. The van der Waals surface area contributed by atoms with Crippen LogP contribution in [0.15, 0.2) is 53.6 Å². The number of carbonyl (C=O) groups is 1. The van der Waals surface area contributed by atoms with Gasteiger partial charge >= 0.3 is 0 Å². The number of hydrazone groups is 1. The largest absolute Gasteiger partial charge is 0.493 e. The highest BCUT2D eigenvalue weighted by molar-refractivity contribution is 5.94. The number of carbonyl (C=O) groups excluding carboxylic acids is 1. The van der Waals surface area contributed by atoms with Gasteiger partial charge in [-0.15, -0.1) is 0 Å². The van der Waals surface area contributed by atoms with E-state index >= 15 is 0 Å². The van der Waals surface area contributed by atoms with E-state index < -0.39 is 5.91 Å². The zero-order valence-electron chi connectivity index (χ0n) is 14.4. The number of benzene rings is 2. The lowest BCUT2D eigenvalue weighted by molar-refractivity contribution is 0.0950. The molecule has 1 aliphatic rings. The van der Waals surface area contributed by atoms with Gasteiger partial charge in [-0.05, 0) is 18.2 Å². The molecule has 8 nitrogen and oxygen atoms in total. The zero-order chi connectivity index (χ0) is 18.6. The average Bonchev–Trinajstić information content (AvgIpc) is 3.37.